The summed E-state index contributed by atoms with van der Waals surface area (Å²) in [7, 11) is 3.18. The minimum Gasteiger partial charge on any atom is -0.497 e. The van der Waals surface area contributed by atoms with E-state index < -0.39 is 40.4 Å². The molecule has 1 aliphatic heterocycles. The Morgan fingerprint density at radius 1 is 0.549 bits per heavy atom. The smallest absolute Gasteiger partial charge is 0.308 e. The predicted octanol–water partition coefficient (Wildman–Crippen LogP) is 6.82. The number of imide groups is 1. The van der Waals surface area contributed by atoms with E-state index in [4.69, 9.17) is 14.2 Å². The lowest BCUT2D eigenvalue weighted by Gasteiger charge is -2.39. The SMILES string of the molecule is COc1ccc(C2=C(c3ccc(OC)cc3)[C@]3(c4ccccc4)C(=O)[C@]2(c2ccccc2)[C@H]2C(=O)N(c4ccc(OC(C)=O)cc4)C(=O)[C@@H]23)cc1. The van der Waals surface area contributed by atoms with Crippen molar-refractivity contribution in [2.24, 2.45) is 11.8 Å². The number of ketones is 1. The number of esters is 1. The molecule has 5 aromatic carbocycles. The van der Waals surface area contributed by atoms with E-state index in [0.717, 1.165) is 11.1 Å². The van der Waals surface area contributed by atoms with Crippen molar-refractivity contribution in [3.8, 4) is 17.2 Å². The summed E-state index contributed by atoms with van der Waals surface area (Å²) in [5.74, 6) is -2.24. The van der Waals surface area contributed by atoms with Crippen LogP contribution in [0.5, 0.6) is 17.2 Å². The van der Waals surface area contributed by atoms with E-state index in [2.05, 4.69) is 0 Å². The molecule has 252 valence electrons. The maximum Gasteiger partial charge on any atom is 0.308 e. The monoisotopic (exact) mass is 675 g/mol. The third kappa shape index (κ3) is 4.39. The van der Waals surface area contributed by atoms with E-state index in [1.165, 1.54) is 11.8 Å². The summed E-state index contributed by atoms with van der Waals surface area (Å²) in [4.78, 5) is 59.2. The van der Waals surface area contributed by atoms with Crippen molar-refractivity contribution in [1.29, 1.82) is 0 Å². The minimum atomic E-state index is -1.55. The summed E-state index contributed by atoms with van der Waals surface area (Å²) in [6.45, 7) is 1.30. The number of carbonyl (C=O) groups excluding carboxylic acids is 4. The molecule has 0 aromatic heterocycles. The maximum absolute atomic E-state index is 16.1. The molecule has 8 nitrogen and oxygen atoms in total. The third-order valence-corrected chi connectivity index (χ3v) is 10.6. The molecule has 0 unspecified atom stereocenters. The van der Waals surface area contributed by atoms with Crippen LogP contribution in [-0.2, 0) is 30.0 Å². The lowest BCUT2D eigenvalue weighted by atomic mass is 9.59. The first-order valence-corrected chi connectivity index (χ1v) is 16.6. The second-order valence-electron chi connectivity index (χ2n) is 12.9. The van der Waals surface area contributed by atoms with Gasteiger partial charge in [-0.15, -0.1) is 0 Å². The largest absolute Gasteiger partial charge is 0.497 e. The summed E-state index contributed by atoms with van der Waals surface area (Å²) in [6, 6.07) is 40.0. The van der Waals surface area contributed by atoms with E-state index in [1.807, 2.05) is 109 Å². The normalized spacial score (nSPS) is 23.4. The van der Waals surface area contributed by atoms with Gasteiger partial charge in [-0.3, -0.25) is 19.2 Å². The number of anilines is 1. The quantitative estimate of drug-likeness (QED) is 0.101. The zero-order valence-electron chi connectivity index (χ0n) is 28.2. The number of benzene rings is 5. The molecule has 0 radical (unpaired) electrons. The van der Waals surface area contributed by atoms with Crippen molar-refractivity contribution in [2.45, 2.75) is 17.8 Å². The van der Waals surface area contributed by atoms with Crippen LogP contribution in [0, 0.1) is 11.8 Å². The molecular weight excluding hydrogens is 642 g/mol. The molecule has 8 heteroatoms. The zero-order chi connectivity index (χ0) is 35.5. The average Bonchev–Trinajstić information content (AvgIpc) is 3.68. The fraction of sp³-hybridized carbons (Fsp3) is 0.163. The number of rotatable bonds is 8. The van der Waals surface area contributed by atoms with Gasteiger partial charge in [-0.1, -0.05) is 84.9 Å². The molecule has 2 fully saturated rings. The van der Waals surface area contributed by atoms with Crippen molar-refractivity contribution in [1.82, 2.24) is 0 Å². The predicted molar refractivity (Wildman–Crippen MR) is 191 cm³/mol. The Morgan fingerprint density at radius 3 is 1.31 bits per heavy atom. The summed E-state index contributed by atoms with van der Waals surface area (Å²) >= 11 is 0. The number of carbonyl (C=O) groups is 4. The fourth-order valence-corrected chi connectivity index (χ4v) is 8.72. The van der Waals surface area contributed by atoms with Crippen LogP contribution in [0.3, 0.4) is 0 Å². The van der Waals surface area contributed by atoms with E-state index in [9.17, 15) is 4.79 Å². The van der Waals surface area contributed by atoms with Crippen LogP contribution >= 0.6 is 0 Å². The first-order valence-electron chi connectivity index (χ1n) is 16.6. The number of ether oxygens (including phenoxy) is 3. The van der Waals surface area contributed by atoms with Crippen LogP contribution in [0.4, 0.5) is 5.69 Å². The molecule has 51 heavy (non-hydrogen) atoms. The Balaban J connectivity index is 1.48. The molecule has 4 atom stereocenters. The topological polar surface area (TPSA) is 99.2 Å². The Hall–Kier alpha value is -6.28. The summed E-state index contributed by atoms with van der Waals surface area (Å²) < 4.78 is 16.3. The highest BCUT2D eigenvalue weighted by Gasteiger charge is 2.82. The van der Waals surface area contributed by atoms with E-state index in [0.29, 0.717) is 39.5 Å². The number of hydrogen-bond donors (Lipinski definition) is 0. The molecule has 2 aliphatic carbocycles. The van der Waals surface area contributed by atoms with Gasteiger partial charge in [0.25, 0.3) is 0 Å². The highest BCUT2D eigenvalue weighted by atomic mass is 16.5. The highest BCUT2D eigenvalue weighted by molar-refractivity contribution is 6.39. The molecule has 1 saturated carbocycles. The first-order chi connectivity index (χ1) is 24.8. The highest BCUT2D eigenvalue weighted by Crippen LogP contribution is 2.74. The molecule has 3 aliphatic rings. The molecule has 1 saturated heterocycles. The van der Waals surface area contributed by atoms with Gasteiger partial charge in [0.1, 0.15) is 17.2 Å². The van der Waals surface area contributed by atoms with E-state index >= 15 is 14.4 Å². The molecule has 1 heterocycles. The van der Waals surface area contributed by atoms with Gasteiger partial charge in [0.05, 0.1) is 42.6 Å². The Labute approximate surface area is 294 Å². The number of allylic oxidation sites excluding steroid dienone is 2. The van der Waals surface area contributed by atoms with Crippen LogP contribution in [0.15, 0.2) is 133 Å². The summed E-state index contributed by atoms with van der Waals surface area (Å²) in [6.07, 6.45) is 0. The van der Waals surface area contributed by atoms with Gasteiger partial charge in [0.2, 0.25) is 11.8 Å². The van der Waals surface area contributed by atoms with E-state index in [-0.39, 0.29) is 11.5 Å². The van der Waals surface area contributed by atoms with Gasteiger partial charge in [0, 0.05) is 6.92 Å². The molecule has 2 amide bonds. The second kappa shape index (κ2) is 11.9. The van der Waals surface area contributed by atoms with Gasteiger partial charge < -0.3 is 14.2 Å². The van der Waals surface area contributed by atoms with Gasteiger partial charge in [-0.2, -0.15) is 0 Å². The number of nitrogens with zero attached hydrogens (tertiary/aromatic N) is 1. The molecular formula is C43H33NO7. The van der Waals surface area contributed by atoms with Crippen LogP contribution < -0.4 is 19.1 Å². The number of fused-ring (bicyclic) bond motifs is 5. The summed E-state index contributed by atoms with van der Waals surface area (Å²) in [5.41, 5.74) is 1.30. The Morgan fingerprint density at radius 2 is 0.941 bits per heavy atom. The molecule has 8 rings (SSSR count). The Bertz CT molecular complexity index is 2100. The average molecular weight is 676 g/mol. The van der Waals surface area contributed by atoms with Crippen molar-refractivity contribution >= 4 is 40.4 Å². The van der Waals surface area contributed by atoms with Crippen LogP contribution in [0.25, 0.3) is 11.1 Å². The number of Topliss-reactive ketones (excluding diaryl/α,β-unsaturated/α-hetero) is 1. The van der Waals surface area contributed by atoms with Crippen molar-refractivity contribution < 1.29 is 33.4 Å². The molecule has 2 bridgehead atoms. The van der Waals surface area contributed by atoms with Crippen LogP contribution in [0.2, 0.25) is 0 Å². The zero-order valence-corrected chi connectivity index (χ0v) is 28.2. The number of methoxy groups -OCH3 is 2. The molecule has 5 aromatic rings. The summed E-state index contributed by atoms with van der Waals surface area (Å²) in [5, 5.41) is 0. The standard InChI is InChI=1S/C43H33NO7/c1-26(45)51-34-24-18-31(19-25-34)44-39(46)37-38(40(44)47)43(30-12-8-5-9-13-30)36(28-16-22-33(50-3)23-17-28)35(27-14-20-32(49-2)21-15-27)42(37,41(43)48)29-10-6-4-7-11-29/h4-25,37-38H,1-3H3/t37-,38-,42+,43+/m1/s1. The van der Waals surface area contributed by atoms with Crippen LogP contribution in [0.1, 0.15) is 29.2 Å². The van der Waals surface area contributed by atoms with Crippen LogP contribution in [-0.4, -0.2) is 37.8 Å². The number of hydrogen-bond acceptors (Lipinski definition) is 7. The number of amides is 2. The maximum atomic E-state index is 16.1. The second-order valence-corrected chi connectivity index (χ2v) is 12.9. The third-order valence-electron chi connectivity index (χ3n) is 10.6. The molecule has 0 spiro atoms. The van der Waals surface area contributed by atoms with Gasteiger partial charge in [0.15, 0.2) is 5.78 Å². The fourth-order valence-electron chi connectivity index (χ4n) is 8.72. The van der Waals surface area contributed by atoms with Gasteiger partial charge in [-0.25, -0.2) is 4.90 Å². The molecule has 0 N–H and O–H groups in total. The van der Waals surface area contributed by atoms with Gasteiger partial charge in [-0.05, 0) is 81.9 Å². The first kappa shape index (κ1) is 32.0. The van der Waals surface area contributed by atoms with Crippen molar-refractivity contribution in [3.63, 3.8) is 0 Å². The minimum absolute atomic E-state index is 0.217. The lowest BCUT2D eigenvalue weighted by Crippen LogP contribution is -2.45. The van der Waals surface area contributed by atoms with Crippen molar-refractivity contribution in [2.75, 3.05) is 19.1 Å². The van der Waals surface area contributed by atoms with Gasteiger partial charge >= 0.3 is 5.97 Å². The van der Waals surface area contributed by atoms with Crippen molar-refractivity contribution in [3.05, 3.63) is 156 Å². The van der Waals surface area contributed by atoms with E-state index in [1.54, 1.807) is 38.5 Å². The Kier molecular flexibility index (Phi) is 7.49. The lowest BCUT2D eigenvalue weighted by molar-refractivity contribution is -0.132.